The Kier molecular flexibility index (Phi) is 14.2. The summed E-state index contributed by atoms with van der Waals surface area (Å²) in [5.41, 5.74) is 2.35. The highest BCUT2D eigenvalue weighted by Crippen LogP contribution is 2.25. The van der Waals surface area contributed by atoms with Crippen LogP contribution < -0.4 is 16.0 Å². The molecule has 1 aliphatic heterocycles. The van der Waals surface area contributed by atoms with E-state index in [1.807, 2.05) is 66.7 Å². The highest BCUT2D eigenvalue weighted by atomic mass is 16.6. The molecule has 4 rings (SSSR count). The largest absolute Gasteiger partial charge is 0.454 e. The Labute approximate surface area is 280 Å². The quantitative estimate of drug-likeness (QED) is 0.170. The Balaban J connectivity index is 1.53. The number of amides is 3. The summed E-state index contributed by atoms with van der Waals surface area (Å²) in [6, 6.07) is 25.1. The molecule has 1 aliphatic rings. The van der Waals surface area contributed by atoms with Gasteiger partial charge in [-0.25, -0.2) is 9.59 Å². The monoisotopic (exact) mass is 657 g/mol. The van der Waals surface area contributed by atoms with Gasteiger partial charge in [0.1, 0.15) is 18.8 Å². The Morgan fingerprint density at radius 2 is 1.54 bits per heavy atom. The average Bonchev–Trinajstić information content (AvgIpc) is 3.10. The molecule has 5 atom stereocenters. The number of ether oxygens (including phenoxy) is 3. The zero-order valence-corrected chi connectivity index (χ0v) is 27.0. The number of cyclic esters (lactones) is 1. The molecule has 0 aromatic heterocycles. The summed E-state index contributed by atoms with van der Waals surface area (Å²) in [7, 11) is 1.47. The van der Waals surface area contributed by atoms with Crippen molar-refractivity contribution in [1.82, 2.24) is 16.0 Å². The van der Waals surface area contributed by atoms with E-state index in [0.29, 0.717) is 12.0 Å². The number of benzene rings is 3. The van der Waals surface area contributed by atoms with Gasteiger partial charge in [-0.2, -0.15) is 0 Å². The molecule has 1 heterocycles. The second kappa shape index (κ2) is 19.0. The van der Waals surface area contributed by atoms with E-state index in [1.54, 1.807) is 36.4 Å². The molecule has 11 nitrogen and oxygen atoms in total. The molecule has 48 heavy (non-hydrogen) atoms. The Hall–Kier alpha value is -5.00. The number of aliphatic hydroxyl groups is 1. The molecule has 3 aromatic carbocycles. The molecule has 0 spiro atoms. The smallest absolute Gasteiger partial charge is 0.408 e. The second-order valence-electron chi connectivity index (χ2n) is 11.6. The van der Waals surface area contributed by atoms with Crippen LogP contribution in [0.15, 0.2) is 103 Å². The predicted molar refractivity (Wildman–Crippen MR) is 178 cm³/mol. The van der Waals surface area contributed by atoms with Crippen LogP contribution in [0.3, 0.4) is 0 Å². The lowest BCUT2D eigenvalue weighted by atomic mass is 9.96. The first-order valence-corrected chi connectivity index (χ1v) is 16.0. The number of allylic oxidation sites excluding steroid dienone is 1. The predicted octanol–water partition coefficient (Wildman–Crippen LogP) is 3.77. The molecule has 4 N–H and O–H groups in total. The van der Waals surface area contributed by atoms with E-state index in [2.05, 4.69) is 16.0 Å². The van der Waals surface area contributed by atoms with E-state index in [4.69, 9.17) is 14.2 Å². The topological polar surface area (TPSA) is 152 Å². The van der Waals surface area contributed by atoms with Crippen molar-refractivity contribution in [2.45, 2.75) is 56.5 Å². The SMILES string of the molecule is COCC1NC(=O)C(CC(=O)NC(CO)Cc2ccccc2)CC=CCC(NC(=O)OCc2ccccc2)C(=O)OC1c1ccccc1. The van der Waals surface area contributed by atoms with E-state index in [-0.39, 0.29) is 45.0 Å². The zero-order valence-electron chi connectivity index (χ0n) is 27.0. The van der Waals surface area contributed by atoms with Gasteiger partial charge in [-0.3, -0.25) is 9.59 Å². The minimum absolute atomic E-state index is 0.00574. The number of rotatable bonds is 12. The lowest BCUT2D eigenvalue weighted by Gasteiger charge is -2.31. The maximum atomic E-state index is 13.7. The van der Waals surface area contributed by atoms with Crippen molar-refractivity contribution in [1.29, 1.82) is 0 Å². The molecule has 0 saturated carbocycles. The molecule has 3 amide bonds. The van der Waals surface area contributed by atoms with Crippen LogP contribution in [-0.2, 0) is 41.6 Å². The number of aliphatic hydroxyl groups excluding tert-OH is 1. The maximum absolute atomic E-state index is 13.7. The van der Waals surface area contributed by atoms with Crippen LogP contribution >= 0.6 is 0 Å². The normalized spacial score (nSPS) is 20.6. The number of hydrogen-bond donors (Lipinski definition) is 4. The number of carbonyl (C=O) groups excluding carboxylic acids is 4. The summed E-state index contributed by atoms with van der Waals surface area (Å²) >= 11 is 0. The van der Waals surface area contributed by atoms with Gasteiger partial charge < -0.3 is 35.3 Å². The highest BCUT2D eigenvalue weighted by Gasteiger charge is 2.34. The summed E-state index contributed by atoms with van der Waals surface area (Å²) in [4.78, 5) is 53.2. The van der Waals surface area contributed by atoms with Gasteiger partial charge in [0, 0.05) is 13.5 Å². The fourth-order valence-electron chi connectivity index (χ4n) is 5.38. The van der Waals surface area contributed by atoms with E-state index in [1.165, 1.54) is 7.11 Å². The van der Waals surface area contributed by atoms with Crippen molar-refractivity contribution in [2.75, 3.05) is 20.3 Å². The number of esters is 1. The lowest BCUT2D eigenvalue weighted by Crippen LogP contribution is -2.49. The van der Waals surface area contributed by atoms with Crippen molar-refractivity contribution in [3.05, 3.63) is 120 Å². The number of hydrogen-bond acceptors (Lipinski definition) is 8. The molecule has 0 saturated heterocycles. The molecule has 0 fully saturated rings. The summed E-state index contributed by atoms with van der Waals surface area (Å²) < 4.78 is 16.8. The van der Waals surface area contributed by atoms with E-state index in [9.17, 15) is 24.3 Å². The average molecular weight is 658 g/mol. The number of carbonyl (C=O) groups is 4. The van der Waals surface area contributed by atoms with Crippen molar-refractivity contribution in [3.8, 4) is 0 Å². The van der Waals surface area contributed by atoms with Gasteiger partial charge in [0.05, 0.1) is 31.2 Å². The van der Waals surface area contributed by atoms with Crippen LogP contribution in [-0.4, -0.2) is 67.4 Å². The molecular formula is C37H43N3O8. The van der Waals surface area contributed by atoms with Gasteiger partial charge in [0.25, 0.3) is 0 Å². The number of methoxy groups -OCH3 is 1. The van der Waals surface area contributed by atoms with Crippen LogP contribution in [0, 0.1) is 5.92 Å². The van der Waals surface area contributed by atoms with E-state index >= 15 is 0 Å². The fourth-order valence-corrected chi connectivity index (χ4v) is 5.38. The maximum Gasteiger partial charge on any atom is 0.408 e. The van der Waals surface area contributed by atoms with Crippen molar-refractivity contribution >= 4 is 23.9 Å². The summed E-state index contributed by atoms with van der Waals surface area (Å²) in [5.74, 6) is -2.31. The Morgan fingerprint density at radius 1 is 0.917 bits per heavy atom. The lowest BCUT2D eigenvalue weighted by molar-refractivity contribution is -0.155. The minimum Gasteiger partial charge on any atom is -0.454 e. The van der Waals surface area contributed by atoms with Gasteiger partial charge in [-0.05, 0) is 36.0 Å². The van der Waals surface area contributed by atoms with Crippen LogP contribution in [0.4, 0.5) is 4.79 Å². The minimum atomic E-state index is -1.10. The molecule has 0 aliphatic carbocycles. The third-order valence-electron chi connectivity index (χ3n) is 7.87. The van der Waals surface area contributed by atoms with Gasteiger partial charge in [0.2, 0.25) is 11.8 Å². The standard InChI is InChI=1S/C37H43N3O8/c1-46-25-32-34(28-17-9-4-10-18-28)48-36(44)31(40-37(45)47-24-27-15-7-3-8-16-27)20-12-11-19-29(35(43)39-32)22-33(42)38-30(23-41)21-26-13-5-2-6-14-26/h2-18,29-32,34,41H,19-25H2,1H3,(H,38,42)(H,39,43)(H,40,45). The fraction of sp³-hybridized carbons (Fsp3) is 0.351. The van der Waals surface area contributed by atoms with Crippen molar-refractivity contribution < 1.29 is 38.5 Å². The van der Waals surface area contributed by atoms with Crippen LogP contribution in [0.25, 0.3) is 0 Å². The molecule has 0 radical (unpaired) electrons. The van der Waals surface area contributed by atoms with Crippen molar-refractivity contribution in [2.24, 2.45) is 5.92 Å². The van der Waals surface area contributed by atoms with Gasteiger partial charge in [-0.15, -0.1) is 0 Å². The second-order valence-corrected chi connectivity index (χ2v) is 11.6. The first-order valence-electron chi connectivity index (χ1n) is 16.0. The number of alkyl carbamates (subject to hydrolysis) is 1. The Morgan fingerprint density at radius 3 is 2.19 bits per heavy atom. The van der Waals surface area contributed by atoms with E-state index < -0.39 is 48.1 Å². The van der Waals surface area contributed by atoms with Crippen LogP contribution in [0.5, 0.6) is 0 Å². The zero-order chi connectivity index (χ0) is 34.1. The summed E-state index contributed by atoms with van der Waals surface area (Å²) in [6.45, 7) is -0.251. The number of nitrogens with one attached hydrogen (secondary N) is 3. The molecule has 254 valence electrons. The first-order chi connectivity index (χ1) is 23.4. The third-order valence-corrected chi connectivity index (χ3v) is 7.87. The first kappa shape index (κ1) is 35.8. The molecule has 11 heteroatoms. The summed E-state index contributed by atoms with van der Waals surface area (Å²) in [5, 5.41) is 18.3. The Bertz CT molecular complexity index is 1490. The van der Waals surface area contributed by atoms with Gasteiger partial charge >= 0.3 is 12.1 Å². The molecule has 3 aromatic rings. The molecular weight excluding hydrogens is 614 g/mol. The van der Waals surface area contributed by atoms with Crippen LogP contribution in [0.1, 0.15) is 42.1 Å². The third kappa shape index (κ3) is 11.4. The van der Waals surface area contributed by atoms with Crippen molar-refractivity contribution in [3.63, 3.8) is 0 Å². The van der Waals surface area contributed by atoms with Gasteiger partial charge in [0.15, 0.2) is 0 Å². The van der Waals surface area contributed by atoms with Crippen LogP contribution in [0.2, 0.25) is 0 Å². The molecule has 5 unspecified atom stereocenters. The van der Waals surface area contributed by atoms with E-state index in [0.717, 1.165) is 11.1 Å². The van der Waals surface area contributed by atoms with Gasteiger partial charge in [-0.1, -0.05) is 103 Å². The molecule has 0 bridgehead atoms. The summed E-state index contributed by atoms with van der Waals surface area (Å²) in [6.07, 6.45) is 2.12. The highest BCUT2D eigenvalue weighted by molar-refractivity contribution is 5.86.